The van der Waals surface area contributed by atoms with E-state index in [2.05, 4.69) is 4.37 Å². The second-order valence-electron chi connectivity index (χ2n) is 2.98. The van der Waals surface area contributed by atoms with Crippen LogP contribution in [0.25, 0.3) is 0 Å². The summed E-state index contributed by atoms with van der Waals surface area (Å²) < 4.78 is 17.1. The number of anilines is 1. The summed E-state index contributed by atoms with van der Waals surface area (Å²) in [4.78, 5) is 11.8. The van der Waals surface area contributed by atoms with Crippen molar-refractivity contribution < 1.29 is 9.18 Å². The van der Waals surface area contributed by atoms with Gasteiger partial charge >= 0.3 is 0 Å². The molecule has 0 fully saturated rings. The second kappa shape index (κ2) is 3.78. The number of benzene rings is 1. The summed E-state index contributed by atoms with van der Waals surface area (Å²) in [6.45, 7) is 0. The smallest absolute Gasteiger partial charge is 0.198 e. The van der Waals surface area contributed by atoms with Gasteiger partial charge in [-0.25, -0.2) is 8.76 Å². The molecule has 1 heterocycles. The standard InChI is InChI=1S/C10H7FN2OS/c11-9-2-1-7(12)3-8(9)10(14)6-4-13-15-5-6/h1-5H,12H2. The van der Waals surface area contributed by atoms with Crippen LogP contribution in [0.1, 0.15) is 15.9 Å². The van der Waals surface area contributed by atoms with Crippen molar-refractivity contribution in [3.63, 3.8) is 0 Å². The first-order valence-electron chi connectivity index (χ1n) is 4.17. The van der Waals surface area contributed by atoms with Crippen LogP contribution in [0.5, 0.6) is 0 Å². The van der Waals surface area contributed by atoms with Gasteiger partial charge in [-0.3, -0.25) is 4.79 Å². The number of nitrogens with two attached hydrogens (primary N) is 1. The second-order valence-corrected chi connectivity index (χ2v) is 3.64. The summed E-state index contributed by atoms with van der Waals surface area (Å²) in [5.74, 6) is -0.964. The topological polar surface area (TPSA) is 56.0 Å². The Morgan fingerprint density at radius 1 is 1.47 bits per heavy atom. The van der Waals surface area contributed by atoms with E-state index in [4.69, 9.17) is 5.73 Å². The largest absolute Gasteiger partial charge is 0.399 e. The molecular formula is C10H7FN2OS. The lowest BCUT2D eigenvalue weighted by molar-refractivity contribution is 0.103. The molecule has 0 aliphatic carbocycles. The molecule has 0 radical (unpaired) electrons. The minimum Gasteiger partial charge on any atom is -0.399 e. The fourth-order valence-corrected chi connectivity index (χ4v) is 1.71. The van der Waals surface area contributed by atoms with Crippen LogP contribution in [0.2, 0.25) is 0 Å². The molecule has 15 heavy (non-hydrogen) atoms. The van der Waals surface area contributed by atoms with Crippen molar-refractivity contribution in [2.45, 2.75) is 0 Å². The molecule has 2 N–H and O–H groups in total. The molecule has 0 bridgehead atoms. The molecule has 1 aromatic carbocycles. The predicted molar refractivity (Wildman–Crippen MR) is 56.4 cm³/mol. The van der Waals surface area contributed by atoms with Crippen LogP contribution in [-0.2, 0) is 0 Å². The number of carbonyl (C=O) groups is 1. The van der Waals surface area contributed by atoms with E-state index in [0.717, 1.165) is 11.5 Å². The Morgan fingerprint density at radius 3 is 2.93 bits per heavy atom. The minimum absolute atomic E-state index is 0.0183. The number of aromatic nitrogens is 1. The number of nitrogen functional groups attached to an aromatic ring is 1. The van der Waals surface area contributed by atoms with Gasteiger partial charge in [-0.1, -0.05) is 0 Å². The fraction of sp³-hybridized carbons (Fsp3) is 0. The number of hydrogen-bond donors (Lipinski definition) is 1. The number of rotatable bonds is 2. The molecule has 2 aromatic rings. The average molecular weight is 222 g/mol. The number of ketones is 1. The van der Waals surface area contributed by atoms with Crippen molar-refractivity contribution in [3.05, 3.63) is 46.7 Å². The summed E-state index contributed by atoms with van der Waals surface area (Å²) in [7, 11) is 0. The zero-order valence-electron chi connectivity index (χ0n) is 7.61. The molecule has 76 valence electrons. The SMILES string of the molecule is Nc1ccc(F)c(C(=O)c2cnsc2)c1. The van der Waals surface area contributed by atoms with Crippen LogP contribution >= 0.6 is 11.5 Å². The summed E-state index contributed by atoms with van der Waals surface area (Å²) in [5, 5.41) is 1.57. The Balaban J connectivity index is 2.46. The molecule has 0 spiro atoms. The zero-order chi connectivity index (χ0) is 10.8. The molecule has 0 amide bonds. The van der Waals surface area contributed by atoms with E-state index >= 15 is 0 Å². The molecule has 0 unspecified atom stereocenters. The van der Waals surface area contributed by atoms with Gasteiger partial charge in [0.15, 0.2) is 5.78 Å². The van der Waals surface area contributed by atoms with Gasteiger partial charge in [0.1, 0.15) is 5.82 Å². The van der Waals surface area contributed by atoms with Crippen molar-refractivity contribution in [1.29, 1.82) is 0 Å². The highest BCUT2D eigenvalue weighted by Crippen LogP contribution is 2.17. The van der Waals surface area contributed by atoms with E-state index in [9.17, 15) is 9.18 Å². The van der Waals surface area contributed by atoms with E-state index in [1.165, 1.54) is 24.4 Å². The Labute approximate surface area is 89.5 Å². The Kier molecular flexibility index (Phi) is 2.47. The van der Waals surface area contributed by atoms with Gasteiger partial charge in [-0.15, -0.1) is 0 Å². The maximum Gasteiger partial charge on any atom is 0.198 e. The number of halogens is 1. The molecule has 0 aliphatic heterocycles. The van der Waals surface area contributed by atoms with Crippen LogP contribution in [0.15, 0.2) is 29.8 Å². The van der Waals surface area contributed by atoms with Gasteiger partial charge < -0.3 is 5.73 Å². The first kappa shape index (κ1) is 9.79. The van der Waals surface area contributed by atoms with E-state index in [0.29, 0.717) is 11.3 Å². The minimum atomic E-state index is -0.569. The molecule has 0 atom stereocenters. The van der Waals surface area contributed by atoms with Gasteiger partial charge in [0.05, 0.1) is 17.3 Å². The highest BCUT2D eigenvalue weighted by molar-refractivity contribution is 7.03. The van der Waals surface area contributed by atoms with E-state index in [-0.39, 0.29) is 5.56 Å². The normalized spacial score (nSPS) is 10.2. The molecule has 3 nitrogen and oxygen atoms in total. The molecule has 0 saturated carbocycles. The molecule has 0 aliphatic rings. The average Bonchev–Trinajstić information content (AvgIpc) is 2.74. The highest BCUT2D eigenvalue weighted by atomic mass is 32.1. The maximum absolute atomic E-state index is 13.3. The highest BCUT2D eigenvalue weighted by Gasteiger charge is 2.14. The monoisotopic (exact) mass is 222 g/mol. The quantitative estimate of drug-likeness (QED) is 0.625. The maximum atomic E-state index is 13.3. The van der Waals surface area contributed by atoms with Crippen LogP contribution < -0.4 is 5.73 Å². The fourth-order valence-electron chi connectivity index (χ4n) is 1.19. The molecule has 2 rings (SSSR count). The van der Waals surface area contributed by atoms with E-state index in [1.54, 1.807) is 5.38 Å². The van der Waals surface area contributed by atoms with Gasteiger partial charge in [0.2, 0.25) is 0 Å². The van der Waals surface area contributed by atoms with Gasteiger partial charge in [-0.05, 0) is 29.7 Å². The Bertz CT molecular complexity index is 496. The summed E-state index contributed by atoms with van der Waals surface area (Å²) in [6.07, 6.45) is 1.41. The van der Waals surface area contributed by atoms with Crippen LogP contribution in [0.3, 0.4) is 0 Å². The number of nitrogens with zero attached hydrogens (tertiary/aromatic N) is 1. The first-order chi connectivity index (χ1) is 7.18. The van der Waals surface area contributed by atoms with Crippen molar-refractivity contribution in [1.82, 2.24) is 4.37 Å². The zero-order valence-corrected chi connectivity index (χ0v) is 8.42. The predicted octanol–water partition coefficient (Wildman–Crippen LogP) is 2.10. The van der Waals surface area contributed by atoms with Gasteiger partial charge in [0, 0.05) is 11.1 Å². The van der Waals surface area contributed by atoms with E-state index in [1.807, 2.05) is 0 Å². The third-order valence-electron chi connectivity index (χ3n) is 1.93. The lowest BCUT2D eigenvalue weighted by atomic mass is 10.1. The Morgan fingerprint density at radius 2 is 2.27 bits per heavy atom. The molecule has 1 aromatic heterocycles. The van der Waals surface area contributed by atoms with E-state index < -0.39 is 11.6 Å². The third-order valence-corrected chi connectivity index (χ3v) is 2.52. The lowest BCUT2D eigenvalue weighted by Gasteiger charge is -2.01. The van der Waals surface area contributed by atoms with Crippen molar-refractivity contribution >= 4 is 23.0 Å². The lowest BCUT2D eigenvalue weighted by Crippen LogP contribution is -2.04. The third kappa shape index (κ3) is 1.87. The molecular weight excluding hydrogens is 215 g/mol. The number of carbonyl (C=O) groups excluding carboxylic acids is 1. The van der Waals surface area contributed by atoms with Crippen molar-refractivity contribution in [2.24, 2.45) is 0 Å². The number of hydrogen-bond acceptors (Lipinski definition) is 4. The van der Waals surface area contributed by atoms with Crippen molar-refractivity contribution in [2.75, 3.05) is 5.73 Å². The summed E-state index contributed by atoms with van der Waals surface area (Å²) in [6, 6.07) is 3.93. The Hall–Kier alpha value is -1.75. The van der Waals surface area contributed by atoms with Gasteiger partial charge in [0.25, 0.3) is 0 Å². The summed E-state index contributed by atoms with van der Waals surface area (Å²) in [5.41, 5.74) is 6.21. The first-order valence-corrected chi connectivity index (χ1v) is 5.01. The van der Waals surface area contributed by atoms with Crippen LogP contribution in [0, 0.1) is 5.82 Å². The summed E-state index contributed by atoms with van der Waals surface area (Å²) >= 11 is 1.15. The van der Waals surface area contributed by atoms with Crippen LogP contribution in [0.4, 0.5) is 10.1 Å². The van der Waals surface area contributed by atoms with Crippen molar-refractivity contribution in [3.8, 4) is 0 Å². The molecule has 5 heteroatoms. The van der Waals surface area contributed by atoms with Gasteiger partial charge in [-0.2, -0.15) is 0 Å². The molecule has 0 saturated heterocycles. The van der Waals surface area contributed by atoms with Crippen LogP contribution in [-0.4, -0.2) is 10.2 Å².